The van der Waals surface area contributed by atoms with Crippen LogP contribution < -0.4 is 15.4 Å². The molecule has 33 heavy (non-hydrogen) atoms. The van der Waals surface area contributed by atoms with Crippen molar-refractivity contribution >= 4 is 23.2 Å². The summed E-state index contributed by atoms with van der Waals surface area (Å²) >= 11 is 5.92. The van der Waals surface area contributed by atoms with Gasteiger partial charge < -0.3 is 15.4 Å². The second kappa shape index (κ2) is 10.1. The molecule has 1 aliphatic rings. The van der Waals surface area contributed by atoms with E-state index in [1.807, 2.05) is 0 Å². The van der Waals surface area contributed by atoms with E-state index in [1.54, 1.807) is 0 Å². The van der Waals surface area contributed by atoms with Gasteiger partial charge in [0.2, 0.25) is 0 Å². The predicted molar refractivity (Wildman–Crippen MR) is 111 cm³/mol. The van der Waals surface area contributed by atoms with E-state index in [-0.39, 0.29) is 28.3 Å². The Labute approximate surface area is 191 Å². The van der Waals surface area contributed by atoms with Gasteiger partial charge in [-0.1, -0.05) is 11.6 Å². The lowest BCUT2D eigenvalue weighted by atomic mass is 9.86. The summed E-state index contributed by atoms with van der Waals surface area (Å²) in [5.74, 6) is -0.666. The fraction of sp³-hybridized carbons (Fsp3) is 0.409. The summed E-state index contributed by atoms with van der Waals surface area (Å²) in [5, 5.41) is 5.87. The van der Waals surface area contributed by atoms with Gasteiger partial charge in [-0.3, -0.25) is 4.79 Å². The first-order chi connectivity index (χ1) is 15.4. The zero-order chi connectivity index (χ0) is 24.2. The number of rotatable bonds is 6. The number of alkyl halides is 6. The first-order valence-electron chi connectivity index (χ1n) is 10.2. The molecule has 2 aromatic rings. The highest BCUT2D eigenvalue weighted by Gasteiger charge is 2.32. The average Bonchev–Trinajstić information content (AvgIpc) is 2.72. The van der Waals surface area contributed by atoms with E-state index in [4.69, 9.17) is 11.6 Å². The molecule has 0 bridgehead atoms. The van der Waals surface area contributed by atoms with Gasteiger partial charge in [0, 0.05) is 18.3 Å². The van der Waals surface area contributed by atoms with Crippen LogP contribution in [-0.2, 0) is 6.18 Å². The molecular formula is C22H21ClF6N2O2. The Kier molecular flexibility index (Phi) is 7.66. The fourth-order valence-corrected chi connectivity index (χ4v) is 3.89. The third kappa shape index (κ3) is 7.45. The summed E-state index contributed by atoms with van der Waals surface area (Å²) in [4.78, 5) is 12.5. The van der Waals surface area contributed by atoms with E-state index in [1.165, 1.54) is 24.3 Å². The summed E-state index contributed by atoms with van der Waals surface area (Å²) < 4.78 is 79.2. The first kappa shape index (κ1) is 25.0. The maximum absolute atomic E-state index is 12.9. The zero-order valence-electron chi connectivity index (χ0n) is 17.2. The van der Waals surface area contributed by atoms with Crippen LogP contribution >= 0.6 is 11.6 Å². The van der Waals surface area contributed by atoms with E-state index in [0.29, 0.717) is 25.1 Å². The third-order valence-electron chi connectivity index (χ3n) is 5.40. The Balaban J connectivity index is 1.46. The van der Waals surface area contributed by atoms with E-state index < -0.39 is 24.0 Å². The molecule has 2 N–H and O–H groups in total. The van der Waals surface area contributed by atoms with Crippen LogP contribution in [0.4, 0.5) is 32.0 Å². The van der Waals surface area contributed by atoms with Gasteiger partial charge in [0.05, 0.1) is 16.1 Å². The number of benzene rings is 2. The van der Waals surface area contributed by atoms with Gasteiger partial charge in [-0.15, -0.1) is 13.2 Å². The predicted octanol–water partition coefficient (Wildman–Crippen LogP) is 6.66. The Morgan fingerprint density at radius 1 is 0.970 bits per heavy atom. The molecule has 0 unspecified atom stereocenters. The number of halogens is 7. The van der Waals surface area contributed by atoms with Crippen LogP contribution in [0.25, 0.3) is 0 Å². The maximum Gasteiger partial charge on any atom is 0.573 e. The molecule has 2 aromatic carbocycles. The highest BCUT2D eigenvalue weighted by atomic mass is 35.5. The number of carbonyl (C=O) groups is 1. The molecule has 0 aromatic heterocycles. The van der Waals surface area contributed by atoms with Crippen molar-refractivity contribution < 1.29 is 35.9 Å². The maximum atomic E-state index is 12.9. The number of ether oxygens (including phenoxy) is 1. The molecule has 0 radical (unpaired) electrons. The molecule has 1 aliphatic carbocycles. The highest BCUT2D eigenvalue weighted by molar-refractivity contribution is 6.33. The van der Waals surface area contributed by atoms with Crippen LogP contribution in [0.2, 0.25) is 5.02 Å². The Bertz CT molecular complexity index is 955. The van der Waals surface area contributed by atoms with Crippen molar-refractivity contribution in [2.24, 2.45) is 5.92 Å². The number of hydrogen-bond acceptors (Lipinski definition) is 3. The average molecular weight is 495 g/mol. The third-order valence-corrected chi connectivity index (χ3v) is 5.73. The van der Waals surface area contributed by atoms with Crippen molar-refractivity contribution in [3.8, 4) is 5.75 Å². The lowest BCUT2D eigenvalue weighted by molar-refractivity contribution is -0.274. The molecule has 11 heteroatoms. The summed E-state index contributed by atoms with van der Waals surface area (Å²) in [6.07, 6.45) is -6.49. The van der Waals surface area contributed by atoms with Crippen LogP contribution in [0.5, 0.6) is 5.75 Å². The SMILES string of the molecule is O=C(NC1CCC(CNc2ccc(OC(F)(F)F)cc2)CC1)c1cc(C(F)(F)F)ccc1Cl. The standard InChI is InChI=1S/C22H21ClF6N2O2/c23-19-10-3-14(21(24,25)26)11-18(19)20(32)31-16-4-1-13(2-5-16)12-30-15-6-8-17(9-7-15)33-22(27,28)29/h3,6-11,13,16,30H,1-2,4-5,12H2,(H,31,32). The molecule has 0 atom stereocenters. The van der Waals surface area contributed by atoms with Crippen molar-refractivity contribution in [3.63, 3.8) is 0 Å². The van der Waals surface area contributed by atoms with E-state index >= 15 is 0 Å². The second-order valence-electron chi connectivity index (χ2n) is 7.84. The van der Waals surface area contributed by atoms with Crippen LogP contribution in [0.15, 0.2) is 42.5 Å². The van der Waals surface area contributed by atoms with Crippen molar-refractivity contribution in [2.75, 3.05) is 11.9 Å². The smallest absolute Gasteiger partial charge is 0.406 e. The summed E-state index contributed by atoms with van der Waals surface area (Å²) in [6.45, 7) is 0.597. The monoisotopic (exact) mass is 494 g/mol. The molecule has 0 saturated heterocycles. The Hall–Kier alpha value is -2.62. The van der Waals surface area contributed by atoms with Gasteiger partial charge in [-0.25, -0.2) is 0 Å². The largest absolute Gasteiger partial charge is 0.573 e. The van der Waals surface area contributed by atoms with E-state index in [0.717, 1.165) is 31.0 Å². The van der Waals surface area contributed by atoms with Gasteiger partial charge in [-0.2, -0.15) is 13.2 Å². The normalized spacial score (nSPS) is 19.1. The molecule has 3 rings (SSSR count). The van der Waals surface area contributed by atoms with Crippen molar-refractivity contribution in [2.45, 2.75) is 44.3 Å². The number of carbonyl (C=O) groups excluding carboxylic acids is 1. The lowest BCUT2D eigenvalue weighted by Crippen LogP contribution is -2.38. The second-order valence-corrected chi connectivity index (χ2v) is 8.24. The topological polar surface area (TPSA) is 50.4 Å². The molecule has 0 spiro atoms. The summed E-state index contributed by atoms with van der Waals surface area (Å²) in [6, 6.07) is 7.88. The summed E-state index contributed by atoms with van der Waals surface area (Å²) in [5.41, 5.74) is -0.503. The van der Waals surface area contributed by atoms with E-state index in [2.05, 4.69) is 15.4 Å². The fourth-order valence-electron chi connectivity index (χ4n) is 3.69. The minimum absolute atomic E-state index is 0.0509. The van der Waals surface area contributed by atoms with E-state index in [9.17, 15) is 31.1 Å². The molecule has 180 valence electrons. The minimum Gasteiger partial charge on any atom is -0.406 e. The van der Waals surface area contributed by atoms with Crippen molar-refractivity contribution in [3.05, 3.63) is 58.6 Å². The van der Waals surface area contributed by atoms with Gasteiger partial charge in [0.1, 0.15) is 5.75 Å². The van der Waals surface area contributed by atoms with Gasteiger partial charge in [0.15, 0.2) is 0 Å². The van der Waals surface area contributed by atoms with Gasteiger partial charge >= 0.3 is 12.5 Å². The van der Waals surface area contributed by atoms with Gasteiger partial charge in [0.25, 0.3) is 5.91 Å². The summed E-state index contributed by atoms with van der Waals surface area (Å²) in [7, 11) is 0. The molecule has 1 saturated carbocycles. The molecule has 0 aliphatic heterocycles. The highest BCUT2D eigenvalue weighted by Crippen LogP contribution is 2.32. The number of hydrogen-bond donors (Lipinski definition) is 2. The number of amides is 1. The van der Waals surface area contributed by atoms with Gasteiger partial charge in [-0.05, 0) is 74.1 Å². The molecule has 0 heterocycles. The molecular weight excluding hydrogens is 474 g/mol. The van der Waals surface area contributed by atoms with Crippen molar-refractivity contribution in [1.82, 2.24) is 5.32 Å². The number of anilines is 1. The Morgan fingerprint density at radius 3 is 2.18 bits per heavy atom. The minimum atomic E-state index is -4.74. The van der Waals surface area contributed by atoms with Crippen LogP contribution in [0.3, 0.4) is 0 Å². The quantitative estimate of drug-likeness (QED) is 0.442. The first-order valence-corrected chi connectivity index (χ1v) is 10.6. The van der Waals surface area contributed by atoms with Crippen molar-refractivity contribution in [1.29, 1.82) is 0 Å². The zero-order valence-corrected chi connectivity index (χ0v) is 17.9. The van der Waals surface area contributed by atoms with Crippen LogP contribution in [0, 0.1) is 5.92 Å². The Morgan fingerprint density at radius 2 is 1.61 bits per heavy atom. The number of nitrogens with one attached hydrogen (secondary N) is 2. The molecule has 1 amide bonds. The molecule has 1 fully saturated rings. The molecule has 4 nitrogen and oxygen atoms in total. The van der Waals surface area contributed by atoms with Crippen LogP contribution in [0.1, 0.15) is 41.6 Å². The van der Waals surface area contributed by atoms with Crippen LogP contribution in [-0.4, -0.2) is 24.9 Å². The lowest BCUT2D eigenvalue weighted by Gasteiger charge is -2.29.